The number of thiophene rings is 1. The molecule has 5 nitrogen and oxygen atoms in total. The summed E-state index contributed by atoms with van der Waals surface area (Å²) in [4.78, 5) is 15.3. The zero-order chi connectivity index (χ0) is 15.4. The van der Waals surface area contributed by atoms with Gasteiger partial charge in [0.05, 0.1) is 6.04 Å². The smallest absolute Gasteiger partial charge is 0.254 e. The molecule has 1 aromatic carbocycles. The zero-order valence-electron chi connectivity index (χ0n) is 11.9. The van der Waals surface area contributed by atoms with Gasteiger partial charge in [0.2, 0.25) is 0 Å². The molecule has 0 aliphatic rings. The second-order valence-corrected chi connectivity index (χ2v) is 5.65. The molecule has 21 heavy (non-hydrogen) atoms. The number of nitrogens with two attached hydrogens (primary N) is 1. The molecule has 2 rings (SSSR count). The molecular formula is C15H17N3O2S. The lowest BCUT2D eigenvalue weighted by Gasteiger charge is -2.24. The molecule has 0 bridgehead atoms. The standard InChI is InChI=1S/C15H17N3O2S/c1-10(13-4-3-9-21-13)18(2)15(19)12-7-5-11(6-8-12)14(16)17-20/h3-10,20H,1-2H3,(H2,16,17). The van der Waals surface area contributed by atoms with Gasteiger partial charge in [-0.05, 0) is 30.5 Å². The number of amides is 1. The predicted octanol–water partition coefficient (Wildman–Crippen LogP) is 2.68. The second-order valence-electron chi connectivity index (χ2n) is 4.67. The first-order valence-corrected chi connectivity index (χ1v) is 7.31. The van der Waals surface area contributed by atoms with E-state index >= 15 is 0 Å². The lowest BCUT2D eigenvalue weighted by molar-refractivity contribution is 0.0745. The Labute approximate surface area is 127 Å². The zero-order valence-corrected chi connectivity index (χ0v) is 12.7. The molecule has 1 heterocycles. The number of hydrogen-bond acceptors (Lipinski definition) is 4. The molecule has 0 saturated heterocycles. The van der Waals surface area contributed by atoms with Crippen LogP contribution in [0, 0.1) is 0 Å². The largest absolute Gasteiger partial charge is 0.409 e. The number of amidine groups is 1. The van der Waals surface area contributed by atoms with Crippen molar-refractivity contribution in [1.29, 1.82) is 0 Å². The molecule has 1 atom stereocenters. The van der Waals surface area contributed by atoms with E-state index in [2.05, 4.69) is 5.16 Å². The van der Waals surface area contributed by atoms with E-state index in [-0.39, 0.29) is 17.8 Å². The number of benzene rings is 1. The van der Waals surface area contributed by atoms with E-state index < -0.39 is 0 Å². The maximum Gasteiger partial charge on any atom is 0.254 e. The molecule has 1 amide bonds. The Morgan fingerprint density at radius 3 is 2.43 bits per heavy atom. The summed E-state index contributed by atoms with van der Waals surface area (Å²) in [6.45, 7) is 1.99. The predicted molar refractivity (Wildman–Crippen MR) is 83.8 cm³/mol. The highest BCUT2D eigenvalue weighted by Crippen LogP contribution is 2.24. The number of rotatable bonds is 4. The summed E-state index contributed by atoms with van der Waals surface area (Å²) in [5.41, 5.74) is 6.64. The van der Waals surface area contributed by atoms with Crippen LogP contribution in [-0.2, 0) is 0 Å². The van der Waals surface area contributed by atoms with Crippen molar-refractivity contribution in [2.45, 2.75) is 13.0 Å². The highest BCUT2D eigenvalue weighted by atomic mass is 32.1. The van der Waals surface area contributed by atoms with Gasteiger partial charge in [-0.3, -0.25) is 4.79 Å². The monoisotopic (exact) mass is 303 g/mol. The van der Waals surface area contributed by atoms with Gasteiger partial charge in [-0.2, -0.15) is 0 Å². The number of nitrogens with zero attached hydrogens (tertiary/aromatic N) is 2. The molecule has 110 valence electrons. The van der Waals surface area contributed by atoms with Crippen molar-refractivity contribution in [3.8, 4) is 0 Å². The van der Waals surface area contributed by atoms with Gasteiger partial charge >= 0.3 is 0 Å². The van der Waals surface area contributed by atoms with Crippen LogP contribution in [0.1, 0.15) is 33.8 Å². The topological polar surface area (TPSA) is 78.9 Å². The maximum atomic E-state index is 12.5. The minimum absolute atomic E-state index is 0.0150. The molecule has 0 radical (unpaired) electrons. The van der Waals surface area contributed by atoms with E-state index in [4.69, 9.17) is 10.9 Å². The maximum absolute atomic E-state index is 12.5. The summed E-state index contributed by atoms with van der Waals surface area (Å²) < 4.78 is 0. The fourth-order valence-electron chi connectivity index (χ4n) is 1.94. The van der Waals surface area contributed by atoms with Gasteiger partial charge in [0, 0.05) is 23.1 Å². The summed E-state index contributed by atoms with van der Waals surface area (Å²) in [6, 6.07) is 10.7. The molecule has 0 aliphatic heterocycles. The number of hydrogen-bond donors (Lipinski definition) is 2. The van der Waals surface area contributed by atoms with Crippen LogP contribution in [0.25, 0.3) is 0 Å². The van der Waals surface area contributed by atoms with Crippen molar-refractivity contribution >= 4 is 23.1 Å². The normalized spacial score (nSPS) is 13.0. The first-order chi connectivity index (χ1) is 10.0. The van der Waals surface area contributed by atoms with Crippen LogP contribution in [0.2, 0.25) is 0 Å². The van der Waals surface area contributed by atoms with E-state index in [0.717, 1.165) is 4.88 Å². The van der Waals surface area contributed by atoms with Crippen LogP contribution >= 0.6 is 11.3 Å². The Kier molecular flexibility index (Phi) is 4.59. The van der Waals surface area contributed by atoms with E-state index in [0.29, 0.717) is 11.1 Å². The molecular weight excluding hydrogens is 286 g/mol. The molecule has 3 N–H and O–H groups in total. The van der Waals surface area contributed by atoms with Crippen LogP contribution in [0.15, 0.2) is 46.9 Å². The van der Waals surface area contributed by atoms with Crippen LogP contribution in [0.5, 0.6) is 0 Å². The van der Waals surface area contributed by atoms with Crippen LogP contribution < -0.4 is 5.73 Å². The Bertz CT molecular complexity index is 635. The molecule has 0 spiro atoms. The Hall–Kier alpha value is -2.34. The highest BCUT2D eigenvalue weighted by molar-refractivity contribution is 7.10. The first kappa shape index (κ1) is 15.1. The average Bonchev–Trinajstić information content (AvgIpc) is 3.06. The number of carbonyl (C=O) groups excluding carboxylic acids is 1. The Morgan fingerprint density at radius 2 is 1.90 bits per heavy atom. The summed E-state index contributed by atoms with van der Waals surface area (Å²) in [7, 11) is 1.78. The average molecular weight is 303 g/mol. The van der Waals surface area contributed by atoms with Gasteiger partial charge in [0.15, 0.2) is 5.84 Å². The van der Waals surface area contributed by atoms with Crippen molar-refractivity contribution in [2.24, 2.45) is 10.9 Å². The van der Waals surface area contributed by atoms with Crippen molar-refractivity contribution < 1.29 is 10.0 Å². The number of carbonyl (C=O) groups is 1. The minimum Gasteiger partial charge on any atom is -0.409 e. The fraction of sp³-hybridized carbons (Fsp3) is 0.200. The summed E-state index contributed by atoms with van der Waals surface area (Å²) >= 11 is 1.63. The molecule has 2 aromatic rings. The summed E-state index contributed by atoms with van der Waals surface area (Å²) in [5.74, 6) is -0.0451. The molecule has 0 fully saturated rings. The van der Waals surface area contributed by atoms with E-state index in [1.165, 1.54) is 0 Å². The lowest BCUT2D eigenvalue weighted by atomic mass is 10.1. The lowest BCUT2D eigenvalue weighted by Crippen LogP contribution is -2.29. The third-order valence-corrected chi connectivity index (χ3v) is 4.43. The molecule has 0 saturated carbocycles. The van der Waals surface area contributed by atoms with Gasteiger partial charge in [0.1, 0.15) is 0 Å². The van der Waals surface area contributed by atoms with Crippen LogP contribution in [0.3, 0.4) is 0 Å². The van der Waals surface area contributed by atoms with Gasteiger partial charge in [-0.1, -0.05) is 23.4 Å². The molecule has 0 aliphatic carbocycles. The highest BCUT2D eigenvalue weighted by Gasteiger charge is 2.19. The van der Waals surface area contributed by atoms with Gasteiger partial charge in [-0.15, -0.1) is 11.3 Å². The van der Waals surface area contributed by atoms with Crippen molar-refractivity contribution in [3.63, 3.8) is 0 Å². The van der Waals surface area contributed by atoms with Gasteiger partial charge in [0.25, 0.3) is 5.91 Å². The quantitative estimate of drug-likeness (QED) is 0.394. The van der Waals surface area contributed by atoms with Crippen molar-refractivity contribution in [1.82, 2.24) is 4.90 Å². The Balaban J connectivity index is 2.16. The second kappa shape index (κ2) is 6.41. The first-order valence-electron chi connectivity index (χ1n) is 6.43. The van der Waals surface area contributed by atoms with E-state index in [1.54, 1.807) is 47.5 Å². The SMILES string of the molecule is CC(c1cccs1)N(C)C(=O)c1ccc(C(N)=NO)cc1. The third-order valence-electron chi connectivity index (χ3n) is 3.39. The minimum atomic E-state index is -0.0676. The van der Waals surface area contributed by atoms with E-state index in [1.807, 2.05) is 24.4 Å². The van der Waals surface area contributed by atoms with Crippen LogP contribution in [0.4, 0.5) is 0 Å². The molecule has 1 aromatic heterocycles. The van der Waals surface area contributed by atoms with E-state index in [9.17, 15) is 4.79 Å². The number of oxime groups is 1. The summed E-state index contributed by atoms with van der Waals surface area (Å²) in [6.07, 6.45) is 0. The third kappa shape index (κ3) is 3.22. The summed E-state index contributed by atoms with van der Waals surface area (Å²) in [5, 5.41) is 13.5. The van der Waals surface area contributed by atoms with Gasteiger partial charge in [-0.25, -0.2) is 0 Å². The van der Waals surface area contributed by atoms with Crippen LogP contribution in [-0.4, -0.2) is 28.9 Å². The molecule has 6 heteroatoms. The van der Waals surface area contributed by atoms with Crippen molar-refractivity contribution in [2.75, 3.05) is 7.05 Å². The van der Waals surface area contributed by atoms with Gasteiger partial charge < -0.3 is 15.8 Å². The Morgan fingerprint density at radius 1 is 1.29 bits per heavy atom. The molecule has 1 unspecified atom stereocenters. The van der Waals surface area contributed by atoms with Crippen molar-refractivity contribution in [3.05, 3.63) is 57.8 Å². The fourth-order valence-corrected chi connectivity index (χ4v) is 2.77.